The molecule has 0 aromatic heterocycles. The fourth-order valence-electron chi connectivity index (χ4n) is 4.17. The van der Waals surface area contributed by atoms with E-state index in [4.69, 9.17) is 9.47 Å². The third-order valence-electron chi connectivity index (χ3n) is 5.27. The Morgan fingerprint density at radius 1 is 0.935 bits per heavy atom. The van der Waals surface area contributed by atoms with E-state index in [2.05, 4.69) is 0 Å². The van der Waals surface area contributed by atoms with Gasteiger partial charge >= 0.3 is 11.9 Å². The fraction of sp³-hybridized carbons (Fsp3) is 0.478. The van der Waals surface area contributed by atoms with E-state index in [0.29, 0.717) is 30.8 Å². The Morgan fingerprint density at radius 3 is 1.81 bits per heavy atom. The molecule has 8 heteroatoms. The van der Waals surface area contributed by atoms with Crippen molar-refractivity contribution in [3.63, 3.8) is 0 Å². The average Bonchev–Trinajstić information content (AvgIpc) is 2.76. The number of hydrogen-bond acceptors (Lipinski definition) is 7. The molecular formula is C23H30N2O6. The largest absolute Gasteiger partial charge is 0.463 e. The number of para-hydroxylation sites is 1. The lowest BCUT2D eigenvalue weighted by molar-refractivity contribution is -0.385. The second-order valence-electron chi connectivity index (χ2n) is 6.86. The molecule has 0 saturated carbocycles. The van der Waals surface area contributed by atoms with Crippen molar-refractivity contribution < 1.29 is 24.0 Å². The van der Waals surface area contributed by atoms with E-state index >= 15 is 0 Å². The standard InChI is InChI=1S/C23H30N2O6/c1-6-16-20(22(26)30-9-4)19(15-13-11-12-14-18(15)25(28)29)21(23(27)31-10-5)17(7-2)24(16)8-3/h11-14,19H,6-10H2,1-5H3. The molecule has 31 heavy (non-hydrogen) atoms. The zero-order valence-electron chi connectivity index (χ0n) is 18.8. The number of carbonyl (C=O) groups is 2. The van der Waals surface area contributed by atoms with E-state index < -0.39 is 22.8 Å². The van der Waals surface area contributed by atoms with Crippen molar-refractivity contribution in [2.24, 2.45) is 0 Å². The number of benzene rings is 1. The van der Waals surface area contributed by atoms with E-state index in [1.54, 1.807) is 32.0 Å². The molecule has 1 aliphatic heterocycles. The van der Waals surface area contributed by atoms with Crippen molar-refractivity contribution >= 4 is 17.6 Å². The fourth-order valence-corrected chi connectivity index (χ4v) is 4.17. The SMILES string of the molecule is CCOC(=O)C1=C(CC)N(CC)C(CC)=C(C(=O)OCC)C1c1ccccc1[N+](=O)[O-]. The van der Waals surface area contributed by atoms with Crippen LogP contribution in [-0.2, 0) is 19.1 Å². The predicted molar refractivity (Wildman–Crippen MR) is 116 cm³/mol. The third-order valence-corrected chi connectivity index (χ3v) is 5.27. The smallest absolute Gasteiger partial charge is 0.336 e. The molecule has 1 aliphatic rings. The summed E-state index contributed by atoms with van der Waals surface area (Å²) in [6, 6.07) is 6.19. The predicted octanol–water partition coefficient (Wildman–Crippen LogP) is 4.47. The molecule has 0 unspecified atom stereocenters. The van der Waals surface area contributed by atoms with Gasteiger partial charge in [0.05, 0.1) is 35.2 Å². The maximum atomic E-state index is 13.2. The minimum atomic E-state index is -0.951. The summed E-state index contributed by atoms with van der Waals surface area (Å²) < 4.78 is 10.7. The van der Waals surface area contributed by atoms with Gasteiger partial charge in [-0.25, -0.2) is 9.59 Å². The number of nitrogens with zero attached hydrogens (tertiary/aromatic N) is 2. The molecule has 0 atom stereocenters. The number of nitro benzene ring substituents is 1. The van der Waals surface area contributed by atoms with Crippen LogP contribution in [0.2, 0.25) is 0 Å². The first-order valence-corrected chi connectivity index (χ1v) is 10.7. The van der Waals surface area contributed by atoms with Gasteiger partial charge in [-0.2, -0.15) is 0 Å². The van der Waals surface area contributed by atoms with Gasteiger partial charge in [0, 0.05) is 29.6 Å². The summed E-state index contributed by atoms with van der Waals surface area (Å²) in [7, 11) is 0. The van der Waals surface area contributed by atoms with Crippen molar-refractivity contribution in [2.75, 3.05) is 19.8 Å². The van der Waals surface area contributed by atoms with Crippen LogP contribution >= 0.6 is 0 Å². The molecule has 0 saturated heterocycles. The van der Waals surface area contributed by atoms with E-state index in [-0.39, 0.29) is 35.6 Å². The molecule has 1 heterocycles. The van der Waals surface area contributed by atoms with Crippen molar-refractivity contribution in [3.05, 3.63) is 62.5 Å². The highest BCUT2D eigenvalue weighted by Gasteiger charge is 2.43. The number of esters is 2. The zero-order chi connectivity index (χ0) is 23.1. The number of rotatable bonds is 9. The number of allylic oxidation sites excluding steroid dienone is 2. The first-order chi connectivity index (χ1) is 14.9. The molecule has 1 aromatic carbocycles. The summed E-state index contributed by atoms with van der Waals surface area (Å²) in [5.41, 5.74) is 2.02. The van der Waals surface area contributed by atoms with Crippen LogP contribution in [0.1, 0.15) is 58.9 Å². The van der Waals surface area contributed by atoms with Gasteiger partial charge in [0.15, 0.2) is 0 Å². The van der Waals surface area contributed by atoms with Gasteiger partial charge in [-0.1, -0.05) is 32.0 Å². The molecule has 2 rings (SSSR count). The monoisotopic (exact) mass is 430 g/mol. The molecule has 168 valence electrons. The van der Waals surface area contributed by atoms with Gasteiger partial charge in [0.2, 0.25) is 0 Å². The quantitative estimate of drug-likeness (QED) is 0.324. The summed E-state index contributed by atoms with van der Waals surface area (Å²) in [5.74, 6) is -2.12. The maximum absolute atomic E-state index is 13.2. The van der Waals surface area contributed by atoms with Crippen LogP contribution in [0.4, 0.5) is 5.69 Å². The highest BCUT2D eigenvalue weighted by molar-refractivity contribution is 6.00. The lowest BCUT2D eigenvalue weighted by atomic mass is 9.78. The number of ether oxygens (including phenoxy) is 2. The molecule has 0 spiro atoms. The maximum Gasteiger partial charge on any atom is 0.336 e. The normalized spacial score (nSPS) is 14.7. The van der Waals surface area contributed by atoms with Gasteiger partial charge in [-0.05, 0) is 33.6 Å². The van der Waals surface area contributed by atoms with Crippen molar-refractivity contribution in [3.8, 4) is 0 Å². The summed E-state index contributed by atoms with van der Waals surface area (Å²) in [6.45, 7) is 9.98. The molecule has 0 bridgehead atoms. The summed E-state index contributed by atoms with van der Waals surface area (Å²) in [5, 5.41) is 11.8. The Bertz CT molecular complexity index is 874. The number of carbonyl (C=O) groups excluding carboxylic acids is 2. The molecule has 0 radical (unpaired) electrons. The topological polar surface area (TPSA) is 99.0 Å². The van der Waals surface area contributed by atoms with Gasteiger partial charge in [0.25, 0.3) is 5.69 Å². The van der Waals surface area contributed by atoms with Crippen molar-refractivity contribution in [1.82, 2.24) is 4.90 Å². The number of nitro groups is 1. The van der Waals surface area contributed by atoms with Crippen molar-refractivity contribution in [2.45, 2.75) is 53.4 Å². The minimum absolute atomic E-state index is 0.147. The van der Waals surface area contributed by atoms with Crippen LogP contribution < -0.4 is 0 Å². The van der Waals surface area contributed by atoms with E-state index in [0.717, 1.165) is 0 Å². The Balaban J connectivity index is 2.97. The molecule has 0 N–H and O–H groups in total. The zero-order valence-corrected chi connectivity index (χ0v) is 18.8. The van der Waals surface area contributed by atoms with E-state index in [9.17, 15) is 19.7 Å². The van der Waals surface area contributed by atoms with E-state index in [1.807, 2.05) is 25.7 Å². The van der Waals surface area contributed by atoms with Crippen molar-refractivity contribution in [1.29, 1.82) is 0 Å². The highest BCUT2D eigenvalue weighted by Crippen LogP contribution is 2.46. The second kappa shape index (κ2) is 10.7. The van der Waals surface area contributed by atoms with Crippen LogP contribution in [0.3, 0.4) is 0 Å². The lowest BCUT2D eigenvalue weighted by Gasteiger charge is -2.39. The average molecular weight is 431 g/mol. The van der Waals surface area contributed by atoms with E-state index in [1.165, 1.54) is 6.07 Å². The third kappa shape index (κ3) is 4.62. The van der Waals surface area contributed by atoms with Gasteiger partial charge in [-0.3, -0.25) is 10.1 Å². The van der Waals surface area contributed by atoms with Gasteiger partial charge in [0.1, 0.15) is 0 Å². The van der Waals surface area contributed by atoms with Crippen LogP contribution in [0.25, 0.3) is 0 Å². The Hall–Kier alpha value is -3.16. The molecule has 1 aromatic rings. The van der Waals surface area contributed by atoms with Crippen LogP contribution in [-0.4, -0.2) is 41.5 Å². The Labute approximate surface area is 182 Å². The van der Waals surface area contributed by atoms with Crippen LogP contribution in [0.5, 0.6) is 0 Å². The Kier molecular flexibility index (Phi) is 8.36. The molecule has 0 aliphatic carbocycles. The first kappa shape index (κ1) is 24.1. The molecule has 0 amide bonds. The summed E-state index contributed by atoms with van der Waals surface area (Å²) in [4.78, 5) is 39.6. The van der Waals surface area contributed by atoms with Gasteiger partial charge < -0.3 is 14.4 Å². The highest BCUT2D eigenvalue weighted by atomic mass is 16.6. The molecular weight excluding hydrogens is 400 g/mol. The minimum Gasteiger partial charge on any atom is -0.463 e. The van der Waals surface area contributed by atoms with Gasteiger partial charge in [-0.15, -0.1) is 0 Å². The summed E-state index contributed by atoms with van der Waals surface area (Å²) >= 11 is 0. The molecule has 8 nitrogen and oxygen atoms in total. The lowest BCUT2D eigenvalue weighted by Crippen LogP contribution is -2.37. The van der Waals surface area contributed by atoms with Crippen LogP contribution in [0.15, 0.2) is 46.8 Å². The molecule has 0 fully saturated rings. The first-order valence-electron chi connectivity index (χ1n) is 10.7. The summed E-state index contributed by atoms with van der Waals surface area (Å²) in [6.07, 6.45) is 0.997. The Morgan fingerprint density at radius 2 is 1.42 bits per heavy atom. The van der Waals surface area contributed by atoms with Crippen LogP contribution in [0, 0.1) is 10.1 Å². The second-order valence-corrected chi connectivity index (χ2v) is 6.86. The number of hydrogen-bond donors (Lipinski definition) is 0.